The van der Waals surface area contributed by atoms with E-state index in [4.69, 9.17) is 29.4 Å². The minimum Gasteiger partial charge on any atom is -0.458 e. The van der Waals surface area contributed by atoms with E-state index in [2.05, 4.69) is 0 Å². The first-order valence-corrected chi connectivity index (χ1v) is 13.4. The molecule has 220 valence electrons. The summed E-state index contributed by atoms with van der Waals surface area (Å²) in [7, 11) is 0. The molecule has 2 atom stereocenters. The van der Waals surface area contributed by atoms with E-state index < -0.39 is 41.8 Å². The van der Waals surface area contributed by atoms with Crippen molar-refractivity contribution in [2.24, 2.45) is 17.6 Å². The van der Waals surface area contributed by atoms with Crippen molar-refractivity contribution in [1.82, 2.24) is 0 Å². The summed E-state index contributed by atoms with van der Waals surface area (Å²) in [5.41, 5.74) is 5.92. The van der Waals surface area contributed by atoms with E-state index in [1.165, 1.54) is 12.1 Å². The molecule has 0 heterocycles. The Morgan fingerprint density at radius 3 is 1.90 bits per heavy atom. The van der Waals surface area contributed by atoms with Gasteiger partial charge in [-0.3, -0.25) is 14.4 Å². The monoisotopic (exact) mass is 551 g/mol. The average molecular weight is 552 g/mol. The van der Waals surface area contributed by atoms with E-state index in [1.807, 2.05) is 27.7 Å². The molecule has 10 nitrogen and oxygen atoms in total. The van der Waals surface area contributed by atoms with Crippen LogP contribution in [-0.2, 0) is 35.0 Å². The summed E-state index contributed by atoms with van der Waals surface area (Å²) in [5, 5.41) is 0. The summed E-state index contributed by atoms with van der Waals surface area (Å²) in [5.74, 6) is -0.732. The Morgan fingerprint density at radius 1 is 0.846 bits per heavy atom. The zero-order chi connectivity index (χ0) is 29.8. The van der Waals surface area contributed by atoms with E-state index >= 15 is 0 Å². The Morgan fingerprint density at radius 2 is 1.38 bits per heavy atom. The lowest BCUT2D eigenvalue weighted by Crippen LogP contribution is -2.37. The summed E-state index contributed by atoms with van der Waals surface area (Å²) in [4.78, 5) is 48.9. The topological polar surface area (TPSA) is 140 Å². The zero-order valence-electron chi connectivity index (χ0n) is 24.5. The molecule has 39 heavy (non-hydrogen) atoms. The van der Waals surface area contributed by atoms with Gasteiger partial charge in [0.25, 0.3) is 0 Å². The van der Waals surface area contributed by atoms with Crippen molar-refractivity contribution in [3.05, 3.63) is 23.8 Å². The summed E-state index contributed by atoms with van der Waals surface area (Å²) < 4.78 is 26.3. The number of hydrogen-bond acceptors (Lipinski definition) is 10. The van der Waals surface area contributed by atoms with Crippen molar-refractivity contribution in [3.8, 4) is 11.5 Å². The summed E-state index contributed by atoms with van der Waals surface area (Å²) in [6.07, 6.45) is 0.199. The van der Waals surface area contributed by atoms with Crippen molar-refractivity contribution in [2.75, 3.05) is 6.61 Å². The fraction of sp³-hybridized carbons (Fsp3) is 0.655. The second-order valence-corrected chi connectivity index (χ2v) is 11.4. The molecule has 0 spiro atoms. The lowest BCUT2D eigenvalue weighted by atomic mass is 10.1. The quantitative estimate of drug-likeness (QED) is 0.244. The van der Waals surface area contributed by atoms with Crippen LogP contribution in [0.3, 0.4) is 0 Å². The van der Waals surface area contributed by atoms with Gasteiger partial charge in [0.15, 0.2) is 11.5 Å². The summed E-state index contributed by atoms with van der Waals surface area (Å²) in [6, 6.07) is 3.64. The maximum atomic E-state index is 12.5. The summed E-state index contributed by atoms with van der Waals surface area (Å²) >= 11 is 0. The van der Waals surface area contributed by atoms with Gasteiger partial charge in [0, 0.05) is 12.8 Å². The minimum atomic E-state index is -1.04. The van der Waals surface area contributed by atoms with E-state index in [-0.39, 0.29) is 37.4 Å². The van der Waals surface area contributed by atoms with Crippen molar-refractivity contribution < 1.29 is 42.9 Å². The van der Waals surface area contributed by atoms with Crippen molar-refractivity contribution >= 4 is 24.1 Å². The third-order valence-corrected chi connectivity index (χ3v) is 5.21. The molecular weight excluding hydrogens is 506 g/mol. The average Bonchev–Trinajstić information content (AvgIpc) is 2.80. The summed E-state index contributed by atoms with van der Waals surface area (Å²) in [6.45, 7) is 14.5. The van der Waals surface area contributed by atoms with Crippen LogP contribution in [0.1, 0.15) is 86.6 Å². The van der Waals surface area contributed by atoms with Gasteiger partial charge in [0.2, 0.25) is 0 Å². The van der Waals surface area contributed by atoms with E-state index in [0.29, 0.717) is 30.2 Å². The Kier molecular flexibility index (Phi) is 14.0. The predicted molar refractivity (Wildman–Crippen MR) is 145 cm³/mol. The molecule has 0 aromatic heterocycles. The van der Waals surface area contributed by atoms with Crippen molar-refractivity contribution in [1.29, 1.82) is 0 Å². The number of esters is 3. The zero-order valence-corrected chi connectivity index (χ0v) is 24.5. The molecule has 0 aliphatic heterocycles. The lowest BCUT2D eigenvalue weighted by Gasteiger charge is -2.20. The molecule has 2 N–H and O–H groups in total. The van der Waals surface area contributed by atoms with Crippen molar-refractivity contribution in [3.63, 3.8) is 0 Å². The van der Waals surface area contributed by atoms with Gasteiger partial charge < -0.3 is 29.4 Å². The predicted octanol–water partition coefficient (Wildman–Crippen LogP) is 5.12. The molecule has 0 fully saturated rings. The van der Waals surface area contributed by atoms with Crippen LogP contribution in [0, 0.1) is 11.8 Å². The highest BCUT2D eigenvalue weighted by molar-refractivity contribution is 5.77. The number of hydrogen-bond donors (Lipinski definition) is 1. The number of benzene rings is 1. The lowest BCUT2D eigenvalue weighted by molar-refractivity contribution is -0.152. The molecule has 1 aromatic carbocycles. The number of ether oxygens (including phenoxy) is 5. The Hall–Kier alpha value is -3.14. The first-order chi connectivity index (χ1) is 18.1. The maximum absolute atomic E-state index is 12.5. The molecule has 0 bridgehead atoms. The molecular formula is C29H45NO9. The van der Waals surface area contributed by atoms with Crippen LogP contribution in [-0.4, -0.2) is 48.4 Å². The maximum Gasteiger partial charge on any atom is 0.508 e. The standard InChI is InChI=1S/C29H45NO9/c1-18(2)9-13-25(31)37-23-12-11-21(16-24(23)38-26(32)14-10-19(3)4)15-22(30)27(33)36-20(5)17-35-28(34)39-29(6,7)8/h11-12,16,18-20,22H,9-10,13-15,17,30H2,1-8H3/t20-,22-/m0/s1. The Bertz CT molecular complexity index is 966. The molecule has 0 radical (unpaired) electrons. The van der Waals surface area contributed by atoms with Gasteiger partial charge in [0.05, 0.1) is 0 Å². The minimum absolute atomic E-state index is 0.0661. The van der Waals surface area contributed by atoms with Crippen LogP contribution in [0.15, 0.2) is 18.2 Å². The first kappa shape index (κ1) is 33.9. The first-order valence-electron chi connectivity index (χ1n) is 13.4. The second-order valence-electron chi connectivity index (χ2n) is 11.4. The second kappa shape index (κ2) is 16.1. The highest BCUT2D eigenvalue weighted by atomic mass is 16.7. The van der Waals surface area contributed by atoms with Crippen LogP contribution < -0.4 is 15.2 Å². The van der Waals surface area contributed by atoms with Gasteiger partial charge in [-0.25, -0.2) is 4.79 Å². The fourth-order valence-electron chi connectivity index (χ4n) is 3.13. The van der Waals surface area contributed by atoms with Crippen LogP contribution in [0.5, 0.6) is 11.5 Å². The van der Waals surface area contributed by atoms with Crippen LogP contribution in [0.2, 0.25) is 0 Å². The molecule has 10 heteroatoms. The van der Waals surface area contributed by atoms with Gasteiger partial charge in [-0.15, -0.1) is 0 Å². The molecule has 0 aliphatic rings. The SMILES string of the molecule is CC(C)CCC(=O)Oc1ccc(C[C@H](N)C(=O)O[C@@H](C)COC(=O)OC(C)(C)C)cc1OC(=O)CCC(C)C. The van der Waals surface area contributed by atoms with Crippen LogP contribution >= 0.6 is 0 Å². The van der Waals surface area contributed by atoms with E-state index in [9.17, 15) is 19.2 Å². The number of nitrogens with two attached hydrogens (primary N) is 1. The highest BCUT2D eigenvalue weighted by Crippen LogP contribution is 2.30. The third-order valence-electron chi connectivity index (χ3n) is 5.21. The van der Waals surface area contributed by atoms with E-state index in [1.54, 1.807) is 33.8 Å². The number of carbonyl (C=O) groups excluding carboxylic acids is 4. The molecule has 0 saturated carbocycles. The van der Waals surface area contributed by atoms with Gasteiger partial charge in [-0.05, 0) is 76.5 Å². The molecule has 0 aliphatic carbocycles. The van der Waals surface area contributed by atoms with Gasteiger partial charge >= 0.3 is 24.1 Å². The van der Waals surface area contributed by atoms with Gasteiger partial charge in [-0.1, -0.05) is 33.8 Å². The molecule has 0 saturated heterocycles. The molecule has 1 aromatic rings. The number of carbonyl (C=O) groups is 4. The van der Waals surface area contributed by atoms with Crippen molar-refractivity contribution in [2.45, 2.75) is 105 Å². The fourth-order valence-corrected chi connectivity index (χ4v) is 3.13. The normalized spacial score (nSPS) is 13.0. The Labute approximate surface area is 231 Å². The van der Waals surface area contributed by atoms with E-state index in [0.717, 1.165) is 0 Å². The van der Waals surface area contributed by atoms with Crippen LogP contribution in [0.25, 0.3) is 0 Å². The Balaban J connectivity index is 2.86. The third kappa shape index (κ3) is 15.1. The van der Waals surface area contributed by atoms with Gasteiger partial charge in [-0.2, -0.15) is 0 Å². The highest BCUT2D eigenvalue weighted by Gasteiger charge is 2.23. The van der Waals surface area contributed by atoms with Gasteiger partial charge in [0.1, 0.15) is 24.4 Å². The smallest absolute Gasteiger partial charge is 0.458 e. The molecule has 0 amide bonds. The molecule has 0 unspecified atom stereocenters. The van der Waals surface area contributed by atoms with Crippen LogP contribution in [0.4, 0.5) is 4.79 Å². The molecule has 1 rings (SSSR count). The number of rotatable bonds is 14. The largest absolute Gasteiger partial charge is 0.508 e.